The third-order valence-corrected chi connectivity index (χ3v) is 6.24. The number of hydrogen-bond acceptors (Lipinski definition) is 2. The van der Waals surface area contributed by atoms with Crippen molar-refractivity contribution in [1.82, 2.24) is 9.88 Å². The van der Waals surface area contributed by atoms with Crippen molar-refractivity contribution in [1.29, 1.82) is 0 Å². The van der Waals surface area contributed by atoms with Gasteiger partial charge in [-0.2, -0.15) is 0 Å². The molecule has 0 aliphatic heterocycles. The minimum atomic E-state index is -0.853. The van der Waals surface area contributed by atoms with E-state index in [0.29, 0.717) is 35.6 Å². The number of hydrogen-bond donors (Lipinski definition) is 2. The maximum absolute atomic E-state index is 12.0. The summed E-state index contributed by atoms with van der Waals surface area (Å²) in [6, 6.07) is 8.20. The van der Waals surface area contributed by atoms with E-state index in [4.69, 9.17) is 11.6 Å². The molecule has 1 heterocycles. The lowest BCUT2D eigenvalue weighted by atomic mass is 9.86. The van der Waals surface area contributed by atoms with Gasteiger partial charge < -0.3 is 15.0 Å². The van der Waals surface area contributed by atoms with Crippen LogP contribution in [0.3, 0.4) is 0 Å². The molecule has 0 unspecified atom stereocenters. The molecule has 1 saturated carbocycles. The number of aromatic carboxylic acids is 1. The molecule has 0 spiro atoms. The van der Waals surface area contributed by atoms with Gasteiger partial charge in [0.15, 0.2) is 0 Å². The van der Waals surface area contributed by atoms with Gasteiger partial charge in [0.1, 0.15) is 0 Å². The van der Waals surface area contributed by atoms with Gasteiger partial charge in [0.05, 0.1) is 5.56 Å². The summed E-state index contributed by atoms with van der Waals surface area (Å²) in [4.78, 5) is 12.0. The number of carboxylic acids is 1. The summed E-state index contributed by atoms with van der Waals surface area (Å²) in [7, 11) is 0. The molecule has 2 N–H and O–H groups in total. The van der Waals surface area contributed by atoms with Gasteiger partial charge in [0.25, 0.3) is 0 Å². The number of benzene rings is 1. The molecule has 27 heavy (non-hydrogen) atoms. The molecule has 0 amide bonds. The van der Waals surface area contributed by atoms with Gasteiger partial charge in [-0.1, -0.05) is 43.5 Å². The normalized spacial score (nSPS) is 20.0. The molecule has 1 aromatic heterocycles. The second-order valence-electron chi connectivity index (χ2n) is 7.79. The Labute approximate surface area is 166 Å². The molecule has 146 valence electrons. The molecule has 1 aromatic carbocycles. The van der Waals surface area contributed by atoms with Crippen molar-refractivity contribution in [2.75, 3.05) is 0 Å². The van der Waals surface area contributed by atoms with Gasteiger partial charge in [0.2, 0.25) is 0 Å². The molecule has 0 radical (unpaired) electrons. The van der Waals surface area contributed by atoms with Crippen molar-refractivity contribution in [3.8, 4) is 0 Å². The Morgan fingerprint density at radius 2 is 2.00 bits per heavy atom. The molecule has 0 bridgehead atoms. The molecule has 2 atom stereocenters. The van der Waals surface area contributed by atoms with E-state index >= 15 is 0 Å². The molecule has 1 fully saturated rings. The van der Waals surface area contributed by atoms with Crippen LogP contribution in [-0.4, -0.2) is 21.7 Å². The highest BCUT2D eigenvalue weighted by atomic mass is 35.5. The van der Waals surface area contributed by atoms with Crippen LogP contribution in [0.1, 0.15) is 65.5 Å². The fourth-order valence-corrected chi connectivity index (χ4v) is 4.57. The Bertz CT molecular complexity index is 828. The quantitative estimate of drug-likeness (QED) is 0.717. The van der Waals surface area contributed by atoms with Crippen molar-refractivity contribution in [3.05, 3.63) is 57.4 Å². The number of halogens is 1. The summed E-state index contributed by atoms with van der Waals surface area (Å²) >= 11 is 6.11. The van der Waals surface area contributed by atoms with Crippen LogP contribution in [0, 0.1) is 19.8 Å². The van der Waals surface area contributed by atoms with Crippen LogP contribution >= 0.6 is 11.6 Å². The third-order valence-electron chi connectivity index (χ3n) is 6.01. The average molecular weight is 389 g/mol. The highest BCUT2D eigenvalue weighted by Crippen LogP contribution is 2.27. The summed E-state index contributed by atoms with van der Waals surface area (Å²) in [5.41, 5.74) is 4.22. The van der Waals surface area contributed by atoms with Crippen molar-refractivity contribution >= 4 is 17.6 Å². The van der Waals surface area contributed by atoms with E-state index in [-0.39, 0.29) is 0 Å². The monoisotopic (exact) mass is 388 g/mol. The second kappa shape index (κ2) is 8.49. The molecule has 5 heteroatoms. The number of nitrogens with zero attached hydrogens (tertiary/aromatic N) is 1. The second-order valence-corrected chi connectivity index (χ2v) is 8.23. The summed E-state index contributed by atoms with van der Waals surface area (Å²) in [5, 5.41) is 14.2. The largest absolute Gasteiger partial charge is 0.478 e. The smallest absolute Gasteiger partial charge is 0.337 e. The van der Waals surface area contributed by atoms with Crippen LogP contribution in [-0.2, 0) is 13.1 Å². The molecular formula is C22H29ClN2O2. The van der Waals surface area contributed by atoms with Crippen molar-refractivity contribution < 1.29 is 9.90 Å². The topological polar surface area (TPSA) is 54.3 Å². The molecule has 1 aliphatic carbocycles. The van der Waals surface area contributed by atoms with Gasteiger partial charge in [0, 0.05) is 41.1 Å². The third kappa shape index (κ3) is 4.39. The SMILES string of the molecule is Cc1c(CN[C@@H]2CCCC[C@H]2C)c(C(=O)O)c(C)n1Cc1cccc(Cl)c1. The Morgan fingerprint density at radius 1 is 1.26 bits per heavy atom. The van der Waals surface area contributed by atoms with Crippen LogP contribution < -0.4 is 5.32 Å². The fraction of sp³-hybridized carbons (Fsp3) is 0.500. The van der Waals surface area contributed by atoms with E-state index in [1.165, 1.54) is 25.7 Å². The summed E-state index contributed by atoms with van der Waals surface area (Å²) in [5.74, 6) is -0.212. The molecule has 1 aliphatic rings. The van der Waals surface area contributed by atoms with E-state index in [2.05, 4.69) is 16.8 Å². The first-order chi connectivity index (χ1) is 12.9. The van der Waals surface area contributed by atoms with E-state index in [9.17, 15) is 9.90 Å². The highest BCUT2D eigenvalue weighted by molar-refractivity contribution is 6.30. The first kappa shape index (κ1) is 20.0. The molecule has 4 nitrogen and oxygen atoms in total. The standard InChI is InChI=1S/C22H29ClN2O2/c1-14-7-4-5-10-20(14)24-12-19-15(2)25(16(3)21(19)22(26)27)13-17-8-6-9-18(23)11-17/h6,8-9,11,14,20,24H,4-5,7,10,12-13H2,1-3H3,(H,26,27)/t14-,20-/m1/s1. The van der Waals surface area contributed by atoms with Crippen molar-refractivity contribution in [3.63, 3.8) is 0 Å². The molecule has 2 aromatic rings. The van der Waals surface area contributed by atoms with Crippen LogP contribution in [0.15, 0.2) is 24.3 Å². The number of carboxylic acid groups (broad SMARTS) is 1. The van der Waals surface area contributed by atoms with Crippen LogP contribution in [0.25, 0.3) is 0 Å². The van der Waals surface area contributed by atoms with Gasteiger partial charge in [-0.15, -0.1) is 0 Å². The van der Waals surface area contributed by atoms with Gasteiger partial charge in [-0.3, -0.25) is 0 Å². The van der Waals surface area contributed by atoms with Crippen LogP contribution in [0.5, 0.6) is 0 Å². The molecular weight excluding hydrogens is 360 g/mol. The van der Waals surface area contributed by atoms with Crippen molar-refractivity contribution in [2.45, 2.75) is 65.6 Å². The van der Waals surface area contributed by atoms with Crippen molar-refractivity contribution in [2.24, 2.45) is 5.92 Å². The lowest BCUT2D eigenvalue weighted by molar-refractivity contribution is 0.0694. The highest BCUT2D eigenvalue weighted by Gasteiger charge is 2.25. The lowest BCUT2D eigenvalue weighted by Gasteiger charge is -2.29. The zero-order valence-corrected chi connectivity index (χ0v) is 17.1. The summed E-state index contributed by atoms with van der Waals surface area (Å²) < 4.78 is 2.09. The Morgan fingerprint density at radius 3 is 2.67 bits per heavy atom. The predicted molar refractivity (Wildman–Crippen MR) is 110 cm³/mol. The van der Waals surface area contributed by atoms with Gasteiger partial charge in [-0.25, -0.2) is 4.79 Å². The average Bonchev–Trinajstić information content (AvgIpc) is 2.85. The minimum absolute atomic E-state index is 0.436. The maximum Gasteiger partial charge on any atom is 0.337 e. The van der Waals surface area contributed by atoms with E-state index < -0.39 is 5.97 Å². The lowest BCUT2D eigenvalue weighted by Crippen LogP contribution is -2.37. The molecule has 0 saturated heterocycles. The van der Waals surface area contributed by atoms with Crippen LogP contribution in [0.2, 0.25) is 5.02 Å². The molecule has 3 rings (SSSR count). The van der Waals surface area contributed by atoms with E-state index in [1.807, 2.05) is 38.1 Å². The minimum Gasteiger partial charge on any atom is -0.478 e. The van der Waals surface area contributed by atoms with E-state index in [1.54, 1.807) is 0 Å². The number of carbonyl (C=O) groups is 1. The van der Waals surface area contributed by atoms with Gasteiger partial charge in [-0.05, 0) is 50.3 Å². The first-order valence-corrected chi connectivity index (χ1v) is 10.2. The number of aromatic nitrogens is 1. The number of rotatable bonds is 6. The van der Waals surface area contributed by atoms with Gasteiger partial charge >= 0.3 is 5.97 Å². The van der Waals surface area contributed by atoms with Crippen LogP contribution in [0.4, 0.5) is 0 Å². The summed E-state index contributed by atoms with van der Waals surface area (Å²) in [6.07, 6.45) is 4.97. The Balaban J connectivity index is 1.87. The maximum atomic E-state index is 12.0. The number of nitrogens with one attached hydrogen (secondary N) is 1. The fourth-order valence-electron chi connectivity index (χ4n) is 4.36. The zero-order chi connectivity index (χ0) is 19.6. The first-order valence-electron chi connectivity index (χ1n) is 9.78. The predicted octanol–water partition coefficient (Wildman–Crippen LogP) is 5.17. The van der Waals surface area contributed by atoms with E-state index in [0.717, 1.165) is 22.5 Å². The zero-order valence-electron chi connectivity index (χ0n) is 16.4. The summed E-state index contributed by atoms with van der Waals surface area (Å²) in [6.45, 7) is 7.43. The Hall–Kier alpha value is -1.78. The Kier molecular flexibility index (Phi) is 6.28.